The van der Waals surface area contributed by atoms with E-state index in [0.29, 0.717) is 18.7 Å². The molecule has 2 rings (SSSR count). The Morgan fingerprint density at radius 2 is 1.88 bits per heavy atom. The van der Waals surface area contributed by atoms with E-state index < -0.39 is 0 Å². The highest BCUT2D eigenvalue weighted by Crippen LogP contribution is 2.07. The molecule has 1 N–H and O–H groups in total. The number of pyridine rings is 2. The number of carbonyl (C=O) groups excluding carboxylic acids is 2. The molecule has 0 aliphatic heterocycles. The third kappa shape index (κ3) is 5.95. The second kappa shape index (κ2) is 10.3. The van der Waals surface area contributed by atoms with Crippen LogP contribution in [0, 0.1) is 0 Å². The van der Waals surface area contributed by atoms with Crippen LogP contribution in [0.15, 0.2) is 42.9 Å². The molecule has 0 saturated heterocycles. The van der Waals surface area contributed by atoms with Crippen molar-refractivity contribution >= 4 is 11.8 Å². The van der Waals surface area contributed by atoms with Crippen LogP contribution in [-0.4, -0.2) is 46.8 Å². The zero-order valence-corrected chi connectivity index (χ0v) is 15.4. The first-order valence-corrected chi connectivity index (χ1v) is 9.00. The van der Waals surface area contributed by atoms with Crippen molar-refractivity contribution in [1.29, 1.82) is 0 Å². The molecule has 138 valence electrons. The minimum atomic E-state index is -0.195. The van der Waals surface area contributed by atoms with Crippen LogP contribution in [0.1, 0.15) is 52.6 Å². The SMILES string of the molecule is CCCCCNC(=O)c1ccnc(C(=O)N(C)CCc2ccncc2)c1. The van der Waals surface area contributed by atoms with Gasteiger partial charge in [0.05, 0.1) is 0 Å². The lowest BCUT2D eigenvalue weighted by molar-refractivity contribution is 0.0791. The van der Waals surface area contributed by atoms with Gasteiger partial charge in [-0.3, -0.25) is 19.6 Å². The average Bonchev–Trinajstić information content (AvgIpc) is 2.69. The fraction of sp³-hybridized carbons (Fsp3) is 0.400. The summed E-state index contributed by atoms with van der Waals surface area (Å²) in [5.74, 6) is -0.364. The van der Waals surface area contributed by atoms with E-state index in [4.69, 9.17) is 0 Å². The van der Waals surface area contributed by atoms with Crippen LogP contribution in [0.2, 0.25) is 0 Å². The largest absolute Gasteiger partial charge is 0.352 e. The molecule has 0 aliphatic carbocycles. The van der Waals surface area contributed by atoms with Crippen molar-refractivity contribution in [2.24, 2.45) is 0 Å². The maximum absolute atomic E-state index is 12.6. The Labute approximate surface area is 154 Å². The number of hydrogen-bond donors (Lipinski definition) is 1. The van der Waals surface area contributed by atoms with E-state index in [2.05, 4.69) is 22.2 Å². The molecular formula is C20H26N4O2. The number of amides is 2. The summed E-state index contributed by atoms with van der Waals surface area (Å²) in [4.78, 5) is 34.5. The summed E-state index contributed by atoms with van der Waals surface area (Å²) in [5.41, 5.74) is 1.86. The number of likely N-dealkylation sites (N-methyl/N-ethyl adjacent to an activating group) is 1. The zero-order chi connectivity index (χ0) is 18.8. The minimum absolute atomic E-state index is 0.169. The van der Waals surface area contributed by atoms with Gasteiger partial charge in [-0.1, -0.05) is 19.8 Å². The Hall–Kier alpha value is -2.76. The summed E-state index contributed by atoms with van der Waals surface area (Å²) in [6.07, 6.45) is 8.87. The number of nitrogens with one attached hydrogen (secondary N) is 1. The molecule has 0 aromatic carbocycles. The van der Waals surface area contributed by atoms with Crippen LogP contribution < -0.4 is 5.32 Å². The molecule has 2 heterocycles. The number of rotatable bonds is 9. The lowest BCUT2D eigenvalue weighted by atomic mass is 10.1. The van der Waals surface area contributed by atoms with Gasteiger partial charge in [0.2, 0.25) is 0 Å². The van der Waals surface area contributed by atoms with Crippen LogP contribution in [0.25, 0.3) is 0 Å². The molecule has 26 heavy (non-hydrogen) atoms. The standard InChI is InChI=1S/C20H26N4O2/c1-3-4-5-10-23-19(25)17-8-13-22-18(15-17)20(26)24(2)14-9-16-6-11-21-12-7-16/h6-8,11-13,15H,3-5,9-10,14H2,1-2H3,(H,23,25). The molecule has 0 bridgehead atoms. The smallest absolute Gasteiger partial charge is 0.272 e. The second-order valence-electron chi connectivity index (χ2n) is 6.22. The first kappa shape index (κ1) is 19.6. The van der Waals surface area contributed by atoms with E-state index in [-0.39, 0.29) is 17.5 Å². The van der Waals surface area contributed by atoms with Crippen LogP contribution in [-0.2, 0) is 6.42 Å². The van der Waals surface area contributed by atoms with Crippen molar-refractivity contribution in [2.75, 3.05) is 20.1 Å². The van der Waals surface area contributed by atoms with E-state index in [1.54, 1.807) is 36.5 Å². The van der Waals surface area contributed by atoms with E-state index in [0.717, 1.165) is 31.2 Å². The lowest BCUT2D eigenvalue weighted by Gasteiger charge is -2.17. The molecule has 0 atom stereocenters. The molecule has 0 saturated carbocycles. The van der Waals surface area contributed by atoms with Gasteiger partial charge in [-0.2, -0.15) is 0 Å². The number of unbranched alkanes of at least 4 members (excludes halogenated alkanes) is 2. The van der Waals surface area contributed by atoms with Gasteiger partial charge in [0.25, 0.3) is 11.8 Å². The van der Waals surface area contributed by atoms with Crippen LogP contribution in [0.3, 0.4) is 0 Å². The fourth-order valence-corrected chi connectivity index (χ4v) is 2.51. The van der Waals surface area contributed by atoms with Gasteiger partial charge in [0.1, 0.15) is 5.69 Å². The third-order valence-electron chi connectivity index (χ3n) is 4.14. The van der Waals surface area contributed by atoms with E-state index in [1.165, 1.54) is 6.20 Å². The molecule has 0 fully saturated rings. The Morgan fingerprint density at radius 1 is 1.12 bits per heavy atom. The molecule has 0 spiro atoms. The molecule has 0 unspecified atom stereocenters. The Bertz CT molecular complexity index is 719. The molecule has 6 heteroatoms. The molecule has 0 aliphatic rings. The summed E-state index contributed by atoms with van der Waals surface area (Å²) in [7, 11) is 1.74. The predicted molar refractivity (Wildman–Crippen MR) is 101 cm³/mol. The molecule has 6 nitrogen and oxygen atoms in total. The summed E-state index contributed by atoms with van der Waals surface area (Å²) in [6, 6.07) is 7.05. The quantitative estimate of drug-likeness (QED) is 0.703. The van der Waals surface area contributed by atoms with E-state index >= 15 is 0 Å². The van der Waals surface area contributed by atoms with Crippen molar-refractivity contribution in [3.8, 4) is 0 Å². The maximum atomic E-state index is 12.6. The van der Waals surface area contributed by atoms with Gasteiger partial charge in [0.15, 0.2) is 0 Å². The number of hydrogen-bond acceptors (Lipinski definition) is 4. The van der Waals surface area contributed by atoms with Crippen LogP contribution in [0.5, 0.6) is 0 Å². The fourth-order valence-electron chi connectivity index (χ4n) is 2.51. The summed E-state index contributed by atoms with van der Waals surface area (Å²) in [5, 5.41) is 2.88. The average molecular weight is 354 g/mol. The number of aromatic nitrogens is 2. The van der Waals surface area contributed by atoms with Gasteiger partial charge in [0, 0.05) is 44.3 Å². The zero-order valence-electron chi connectivity index (χ0n) is 15.4. The highest BCUT2D eigenvalue weighted by Gasteiger charge is 2.15. The first-order valence-electron chi connectivity index (χ1n) is 9.00. The highest BCUT2D eigenvalue weighted by atomic mass is 16.2. The lowest BCUT2D eigenvalue weighted by Crippen LogP contribution is -2.30. The number of carbonyl (C=O) groups is 2. The summed E-state index contributed by atoms with van der Waals surface area (Å²) >= 11 is 0. The molecule has 2 aromatic rings. The van der Waals surface area contributed by atoms with Crippen molar-refractivity contribution in [1.82, 2.24) is 20.2 Å². The molecule has 2 amide bonds. The minimum Gasteiger partial charge on any atom is -0.352 e. The molecule has 2 aromatic heterocycles. The predicted octanol–water partition coefficient (Wildman–Crippen LogP) is 2.71. The summed E-state index contributed by atoms with van der Waals surface area (Å²) < 4.78 is 0. The second-order valence-corrected chi connectivity index (χ2v) is 6.22. The topological polar surface area (TPSA) is 75.2 Å². The maximum Gasteiger partial charge on any atom is 0.272 e. The van der Waals surface area contributed by atoms with Gasteiger partial charge < -0.3 is 10.2 Å². The van der Waals surface area contributed by atoms with Gasteiger partial charge in [-0.05, 0) is 42.7 Å². The van der Waals surface area contributed by atoms with Crippen molar-refractivity contribution in [3.63, 3.8) is 0 Å². The van der Waals surface area contributed by atoms with Crippen LogP contribution >= 0.6 is 0 Å². The molecule has 0 radical (unpaired) electrons. The van der Waals surface area contributed by atoms with Gasteiger partial charge in [-0.15, -0.1) is 0 Å². The Kier molecular flexibility index (Phi) is 7.74. The van der Waals surface area contributed by atoms with Crippen molar-refractivity contribution < 1.29 is 9.59 Å². The summed E-state index contributed by atoms with van der Waals surface area (Å²) in [6.45, 7) is 3.33. The van der Waals surface area contributed by atoms with E-state index in [1.807, 2.05) is 12.1 Å². The molecular weight excluding hydrogens is 328 g/mol. The van der Waals surface area contributed by atoms with E-state index in [9.17, 15) is 9.59 Å². The normalized spacial score (nSPS) is 10.4. The van der Waals surface area contributed by atoms with Crippen molar-refractivity contribution in [3.05, 3.63) is 59.7 Å². The monoisotopic (exact) mass is 354 g/mol. The van der Waals surface area contributed by atoms with Gasteiger partial charge >= 0.3 is 0 Å². The number of nitrogens with zero attached hydrogens (tertiary/aromatic N) is 3. The van der Waals surface area contributed by atoms with Crippen molar-refractivity contribution in [2.45, 2.75) is 32.6 Å². The van der Waals surface area contributed by atoms with Gasteiger partial charge in [-0.25, -0.2) is 0 Å². The van der Waals surface area contributed by atoms with Crippen LogP contribution in [0.4, 0.5) is 0 Å². The highest BCUT2D eigenvalue weighted by molar-refractivity contribution is 5.98. The Morgan fingerprint density at radius 3 is 2.62 bits per heavy atom. The first-order chi connectivity index (χ1) is 12.6. The Balaban J connectivity index is 1.92. The third-order valence-corrected chi connectivity index (χ3v) is 4.14.